The molecule has 0 saturated heterocycles. The molecule has 1 saturated carbocycles. The van der Waals surface area contributed by atoms with E-state index < -0.39 is 23.2 Å². The predicted molar refractivity (Wildman–Crippen MR) is 150 cm³/mol. The van der Waals surface area contributed by atoms with Crippen LogP contribution in [-0.4, -0.2) is 21.6 Å². The summed E-state index contributed by atoms with van der Waals surface area (Å²) in [5.74, 6) is -1.77. The highest BCUT2D eigenvalue weighted by Crippen LogP contribution is 2.46. The molecule has 9 heteroatoms. The number of carbonyl (C=O) groups is 2. The number of aromatic nitrogens is 1. The second kappa shape index (κ2) is 10.2. The van der Waals surface area contributed by atoms with Gasteiger partial charge < -0.3 is 15.0 Å². The molecule has 1 aromatic heterocycles. The second-order valence-electron chi connectivity index (χ2n) is 10.5. The van der Waals surface area contributed by atoms with Gasteiger partial charge in [-0.1, -0.05) is 36.4 Å². The van der Waals surface area contributed by atoms with Gasteiger partial charge in [0.05, 0.1) is 27.7 Å². The van der Waals surface area contributed by atoms with E-state index in [-0.39, 0.29) is 23.8 Å². The zero-order valence-corrected chi connectivity index (χ0v) is 22.1. The Kier molecular flexibility index (Phi) is 6.60. The minimum atomic E-state index is -4.44. The Labute approximate surface area is 238 Å². The number of nitrogens with zero attached hydrogens (tertiary/aromatic N) is 1. The molecule has 0 radical (unpaired) electrons. The molecule has 1 aliphatic rings. The lowest BCUT2D eigenvalue weighted by atomic mass is 9.98. The quantitative estimate of drug-likeness (QED) is 0.197. The molecule has 1 fully saturated rings. The largest absolute Gasteiger partial charge is 0.478 e. The first-order chi connectivity index (χ1) is 20.0. The highest BCUT2D eigenvalue weighted by atomic mass is 19.4. The predicted octanol–water partition coefficient (Wildman–Crippen LogP) is 7.63. The summed E-state index contributed by atoms with van der Waals surface area (Å²) in [6.45, 7) is 0.236. The van der Waals surface area contributed by atoms with Crippen molar-refractivity contribution in [1.82, 2.24) is 9.88 Å². The normalized spacial score (nSPS) is 14.1. The Morgan fingerprint density at radius 2 is 1.52 bits per heavy atom. The first-order valence-corrected chi connectivity index (χ1v) is 13.2. The lowest BCUT2D eigenvalue weighted by molar-refractivity contribution is -0.137. The van der Waals surface area contributed by atoms with Crippen LogP contribution in [0.2, 0.25) is 0 Å². The van der Waals surface area contributed by atoms with Gasteiger partial charge >= 0.3 is 12.1 Å². The van der Waals surface area contributed by atoms with Crippen molar-refractivity contribution in [2.75, 3.05) is 0 Å². The smallest absolute Gasteiger partial charge is 0.416 e. The van der Waals surface area contributed by atoms with Crippen LogP contribution in [0.4, 0.5) is 17.6 Å². The van der Waals surface area contributed by atoms with Crippen LogP contribution in [0, 0.1) is 5.82 Å². The summed E-state index contributed by atoms with van der Waals surface area (Å²) < 4.78 is 54.7. The van der Waals surface area contributed by atoms with Gasteiger partial charge in [0.1, 0.15) is 5.82 Å². The van der Waals surface area contributed by atoms with Gasteiger partial charge in [-0.25, -0.2) is 9.18 Å². The standard InChI is InChI=1S/C33H24F4N2O3/c34-27-11-5-21(6-12-27)24-17-23-13-16-39(19-20-1-7-26(8-2-20)33(35,36)37)29(23)28(18-24)30(40)38-32(14-15-32)25-9-3-22(4-10-25)31(41)42/h1-13,16-18H,14-15,19H2,(H,38,40)(H,41,42). The molecular weight excluding hydrogens is 548 g/mol. The van der Waals surface area contributed by atoms with Crippen molar-refractivity contribution in [3.05, 3.63) is 131 Å². The van der Waals surface area contributed by atoms with Crippen LogP contribution in [0.5, 0.6) is 0 Å². The Balaban J connectivity index is 1.39. The van der Waals surface area contributed by atoms with Crippen LogP contribution in [0.1, 0.15) is 50.2 Å². The minimum Gasteiger partial charge on any atom is -0.478 e. The lowest BCUT2D eigenvalue weighted by Gasteiger charge is -2.20. The zero-order chi connectivity index (χ0) is 29.6. The third-order valence-corrected chi connectivity index (χ3v) is 7.70. The summed E-state index contributed by atoms with van der Waals surface area (Å²) in [4.78, 5) is 25.2. The summed E-state index contributed by atoms with van der Waals surface area (Å²) in [6.07, 6.45) is -1.30. The number of carboxylic acid groups (broad SMARTS) is 1. The number of fused-ring (bicyclic) bond motifs is 1. The highest BCUT2D eigenvalue weighted by molar-refractivity contribution is 6.08. The molecule has 1 aliphatic carbocycles. The topological polar surface area (TPSA) is 71.3 Å². The van der Waals surface area contributed by atoms with Gasteiger partial charge in [-0.15, -0.1) is 0 Å². The van der Waals surface area contributed by atoms with Gasteiger partial charge in [0, 0.05) is 18.1 Å². The maximum atomic E-state index is 14.0. The molecule has 42 heavy (non-hydrogen) atoms. The molecule has 0 bridgehead atoms. The molecule has 6 rings (SSSR count). The van der Waals surface area contributed by atoms with Gasteiger partial charge in [0.25, 0.3) is 5.91 Å². The molecule has 0 spiro atoms. The average molecular weight is 573 g/mol. The van der Waals surface area contributed by atoms with E-state index in [1.807, 2.05) is 16.7 Å². The van der Waals surface area contributed by atoms with Crippen LogP contribution in [0.25, 0.3) is 22.0 Å². The summed E-state index contributed by atoms with van der Waals surface area (Å²) in [6, 6.07) is 22.7. The number of aromatic carboxylic acids is 1. The Bertz CT molecular complexity index is 1800. The Morgan fingerprint density at radius 1 is 0.857 bits per heavy atom. The first kappa shape index (κ1) is 27.3. The Morgan fingerprint density at radius 3 is 2.12 bits per heavy atom. The average Bonchev–Trinajstić information content (AvgIpc) is 3.64. The number of amides is 1. The monoisotopic (exact) mass is 572 g/mol. The van der Waals surface area contributed by atoms with Crippen molar-refractivity contribution >= 4 is 22.8 Å². The van der Waals surface area contributed by atoms with Crippen LogP contribution < -0.4 is 5.32 Å². The number of halogens is 4. The molecule has 2 N–H and O–H groups in total. The number of hydrogen-bond acceptors (Lipinski definition) is 2. The number of hydrogen-bond donors (Lipinski definition) is 2. The van der Waals surface area contributed by atoms with Crippen LogP contribution >= 0.6 is 0 Å². The van der Waals surface area contributed by atoms with Crippen molar-refractivity contribution in [1.29, 1.82) is 0 Å². The summed E-state index contributed by atoms with van der Waals surface area (Å²) in [7, 11) is 0. The molecule has 0 aliphatic heterocycles. The summed E-state index contributed by atoms with van der Waals surface area (Å²) >= 11 is 0. The van der Waals surface area contributed by atoms with Crippen LogP contribution in [-0.2, 0) is 18.3 Å². The SMILES string of the molecule is O=C(O)c1ccc(C2(NC(=O)c3cc(-c4ccc(F)cc4)cc4ccn(Cc5ccc(C(F)(F)F)cc5)c34)CC2)cc1. The number of nitrogens with one attached hydrogen (secondary N) is 1. The third-order valence-electron chi connectivity index (χ3n) is 7.70. The highest BCUT2D eigenvalue weighted by Gasteiger charge is 2.46. The molecule has 0 atom stereocenters. The molecule has 0 unspecified atom stereocenters. The molecule has 1 amide bonds. The van der Waals surface area contributed by atoms with E-state index in [0.717, 1.165) is 23.1 Å². The lowest BCUT2D eigenvalue weighted by Crippen LogP contribution is -2.35. The van der Waals surface area contributed by atoms with E-state index in [0.29, 0.717) is 40.6 Å². The molecule has 212 valence electrons. The van der Waals surface area contributed by atoms with Crippen LogP contribution in [0.3, 0.4) is 0 Å². The summed E-state index contributed by atoms with van der Waals surface area (Å²) in [5, 5.41) is 13.1. The molecular formula is C33H24F4N2O3. The second-order valence-corrected chi connectivity index (χ2v) is 10.5. The van der Waals surface area contributed by atoms with E-state index in [1.54, 1.807) is 36.5 Å². The van der Waals surface area contributed by atoms with Gasteiger partial charge in [-0.05, 0) is 89.7 Å². The Hall–Kier alpha value is -4.92. The number of alkyl halides is 3. The number of rotatable bonds is 7. The third kappa shape index (κ3) is 5.25. The van der Waals surface area contributed by atoms with Gasteiger partial charge in [0.15, 0.2) is 0 Å². The molecule has 1 heterocycles. The fraction of sp³-hybridized carbons (Fsp3) is 0.152. The van der Waals surface area contributed by atoms with Gasteiger partial charge in [-0.3, -0.25) is 4.79 Å². The first-order valence-electron chi connectivity index (χ1n) is 13.2. The van der Waals surface area contributed by atoms with E-state index in [2.05, 4.69) is 5.32 Å². The van der Waals surface area contributed by atoms with E-state index in [4.69, 9.17) is 0 Å². The van der Waals surface area contributed by atoms with Crippen molar-refractivity contribution < 1.29 is 32.3 Å². The van der Waals surface area contributed by atoms with Gasteiger partial charge in [0.2, 0.25) is 0 Å². The molecule has 5 nitrogen and oxygen atoms in total. The van der Waals surface area contributed by atoms with E-state index >= 15 is 0 Å². The summed E-state index contributed by atoms with van der Waals surface area (Å²) in [5.41, 5.74) is 2.58. The maximum absolute atomic E-state index is 14.0. The van der Waals surface area contributed by atoms with Crippen molar-refractivity contribution in [2.24, 2.45) is 0 Å². The van der Waals surface area contributed by atoms with Crippen LogP contribution in [0.15, 0.2) is 97.2 Å². The number of benzene rings is 4. The van der Waals surface area contributed by atoms with Crippen molar-refractivity contribution in [2.45, 2.75) is 31.1 Å². The number of carbonyl (C=O) groups excluding carboxylic acids is 1. The molecule has 5 aromatic rings. The number of carboxylic acids is 1. The molecule has 4 aromatic carbocycles. The fourth-order valence-corrected chi connectivity index (χ4v) is 5.29. The maximum Gasteiger partial charge on any atom is 0.416 e. The zero-order valence-electron chi connectivity index (χ0n) is 22.1. The fourth-order valence-electron chi connectivity index (χ4n) is 5.29. The van der Waals surface area contributed by atoms with Crippen molar-refractivity contribution in [3.8, 4) is 11.1 Å². The van der Waals surface area contributed by atoms with E-state index in [1.165, 1.54) is 36.4 Å². The van der Waals surface area contributed by atoms with E-state index in [9.17, 15) is 32.3 Å². The van der Waals surface area contributed by atoms with Gasteiger partial charge in [-0.2, -0.15) is 13.2 Å². The van der Waals surface area contributed by atoms with Crippen molar-refractivity contribution in [3.63, 3.8) is 0 Å². The minimum absolute atomic E-state index is 0.149.